The molecular weight excluding hydrogens is 412 g/mol. The van der Waals surface area contributed by atoms with Gasteiger partial charge in [0.15, 0.2) is 0 Å². The van der Waals surface area contributed by atoms with E-state index < -0.39 is 16.0 Å². The second kappa shape index (κ2) is 6.16. The van der Waals surface area contributed by atoms with Gasteiger partial charge in [-0.05, 0) is 52.2 Å². The van der Waals surface area contributed by atoms with Crippen molar-refractivity contribution in [1.82, 2.24) is 5.32 Å². The highest BCUT2D eigenvalue weighted by molar-refractivity contribution is 9.10. The maximum atomic E-state index is 12.8. The zero-order valence-corrected chi connectivity index (χ0v) is 15.4. The third kappa shape index (κ3) is 3.12. The van der Waals surface area contributed by atoms with E-state index in [0.717, 1.165) is 6.07 Å². The van der Waals surface area contributed by atoms with Crippen molar-refractivity contribution >= 4 is 43.5 Å². The van der Waals surface area contributed by atoms with Crippen LogP contribution in [0.5, 0.6) is 0 Å². The average molecular weight is 425 g/mol. The van der Waals surface area contributed by atoms with Crippen LogP contribution in [-0.2, 0) is 16.6 Å². The minimum absolute atomic E-state index is 0.142. The van der Waals surface area contributed by atoms with Crippen molar-refractivity contribution in [3.05, 3.63) is 57.1 Å². The fourth-order valence-corrected chi connectivity index (χ4v) is 4.74. The van der Waals surface area contributed by atoms with Crippen LogP contribution >= 0.6 is 15.9 Å². The molecule has 0 fully saturated rings. The number of benzene rings is 2. The van der Waals surface area contributed by atoms with Gasteiger partial charge in [-0.1, -0.05) is 12.1 Å². The van der Waals surface area contributed by atoms with Crippen LogP contribution in [0.4, 0.5) is 5.69 Å². The number of carboxylic acid groups (broad SMARTS) is 1. The number of anilines is 1. The standard InChI is InChI=1S/C16H13BrN2O5S/c1-8-5-10(16(21)22)6-12(14(8)17)25(23,24)19-11-4-2-3-9-7-18-15(20)13(9)11/h2-6,19H,7H2,1H3,(H,18,20)(H,21,22). The molecule has 9 heteroatoms. The number of amides is 1. The van der Waals surface area contributed by atoms with Crippen molar-refractivity contribution in [3.8, 4) is 0 Å². The van der Waals surface area contributed by atoms with E-state index in [2.05, 4.69) is 26.0 Å². The summed E-state index contributed by atoms with van der Waals surface area (Å²) in [6.45, 7) is 1.93. The Labute approximate surface area is 152 Å². The Hall–Kier alpha value is -2.39. The number of rotatable bonds is 4. The summed E-state index contributed by atoms with van der Waals surface area (Å²) in [6.07, 6.45) is 0. The first-order valence-corrected chi connectivity index (χ1v) is 9.44. The molecule has 0 spiro atoms. The first-order valence-electron chi connectivity index (χ1n) is 7.17. The van der Waals surface area contributed by atoms with E-state index in [1.807, 2.05) is 0 Å². The van der Waals surface area contributed by atoms with Crippen LogP contribution in [0.2, 0.25) is 0 Å². The van der Waals surface area contributed by atoms with Gasteiger partial charge in [-0.2, -0.15) is 0 Å². The highest BCUT2D eigenvalue weighted by Gasteiger charge is 2.27. The third-order valence-electron chi connectivity index (χ3n) is 3.82. The van der Waals surface area contributed by atoms with Crippen LogP contribution in [0.25, 0.3) is 0 Å². The van der Waals surface area contributed by atoms with Crippen molar-refractivity contribution < 1.29 is 23.1 Å². The number of halogens is 1. The van der Waals surface area contributed by atoms with Gasteiger partial charge < -0.3 is 10.4 Å². The number of hydrogen-bond donors (Lipinski definition) is 3. The molecule has 0 saturated heterocycles. The van der Waals surface area contributed by atoms with Crippen molar-refractivity contribution in [2.75, 3.05) is 4.72 Å². The lowest BCUT2D eigenvalue weighted by Crippen LogP contribution is -2.18. The molecule has 130 valence electrons. The summed E-state index contributed by atoms with van der Waals surface area (Å²) in [7, 11) is -4.11. The SMILES string of the molecule is Cc1cc(C(=O)O)cc(S(=O)(=O)Nc2cccc3c2C(=O)NC3)c1Br. The van der Waals surface area contributed by atoms with Gasteiger partial charge in [0, 0.05) is 11.0 Å². The van der Waals surface area contributed by atoms with Crippen LogP contribution < -0.4 is 10.0 Å². The Kier molecular flexibility index (Phi) is 4.29. The Morgan fingerprint density at radius 2 is 2.04 bits per heavy atom. The highest BCUT2D eigenvalue weighted by atomic mass is 79.9. The van der Waals surface area contributed by atoms with Crippen LogP contribution in [0.1, 0.15) is 31.8 Å². The Morgan fingerprint density at radius 3 is 2.72 bits per heavy atom. The summed E-state index contributed by atoms with van der Waals surface area (Å²) in [5.74, 6) is -1.59. The molecule has 1 amide bonds. The molecule has 2 aromatic carbocycles. The molecule has 0 unspecified atom stereocenters. The van der Waals surface area contributed by atoms with Gasteiger partial charge in [0.1, 0.15) is 4.90 Å². The van der Waals surface area contributed by atoms with Crippen LogP contribution in [0.3, 0.4) is 0 Å². The molecule has 0 atom stereocenters. The smallest absolute Gasteiger partial charge is 0.335 e. The van der Waals surface area contributed by atoms with Crippen molar-refractivity contribution in [1.29, 1.82) is 0 Å². The summed E-state index contributed by atoms with van der Waals surface area (Å²) in [5.41, 5.74) is 1.44. The van der Waals surface area contributed by atoms with Gasteiger partial charge in [0.2, 0.25) is 0 Å². The zero-order chi connectivity index (χ0) is 18.4. The quantitative estimate of drug-likeness (QED) is 0.697. The molecule has 25 heavy (non-hydrogen) atoms. The van der Waals surface area contributed by atoms with Crippen molar-refractivity contribution in [3.63, 3.8) is 0 Å². The molecule has 0 saturated carbocycles. The maximum absolute atomic E-state index is 12.8. The number of carbonyl (C=O) groups excluding carboxylic acids is 1. The van der Waals surface area contributed by atoms with Crippen LogP contribution in [0, 0.1) is 6.92 Å². The van der Waals surface area contributed by atoms with E-state index >= 15 is 0 Å². The molecule has 0 bridgehead atoms. The summed E-state index contributed by atoms with van der Waals surface area (Å²) < 4.78 is 28.2. The molecule has 0 aliphatic carbocycles. The normalized spacial score (nSPS) is 13.3. The average Bonchev–Trinajstić information content (AvgIpc) is 2.91. The van der Waals surface area contributed by atoms with E-state index in [1.165, 1.54) is 12.1 Å². The lowest BCUT2D eigenvalue weighted by atomic mass is 10.1. The number of hydrogen-bond acceptors (Lipinski definition) is 4. The molecule has 7 nitrogen and oxygen atoms in total. The number of carboxylic acids is 1. The highest BCUT2D eigenvalue weighted by Crippen LogP contribution is 2.31. The first-order chi connectivity index (χ1) is 11.7. The zero-order valence-electron chi connectivity index (χ0n) is 13.0. The summed E-state index contributed by atoms with van der Waals surface area (Å²) in [4.78, 5) is 22.9. The van der Waals surface area contributed by atoms with E-state index in [-0.39, 0.29) is 32.1 Å². The van der Waals surface area contributed by atoms with E-state index in [1.54, 1.807) is 19.1 Å². The van der Waals surface area contributed by atoms with Gasteiger partial charge >= 0.3 is 5.97 Å². The molecule has 1 aliphatic heterocycles. The van der Waals surface area contributed by atoms with Gasteiger partial charge in [-0.25, -0.2) is 13.2 Å². The lowest BCUT2D eigenvalue weighted by Gasteiger charge is -2.14. The Bertz CT molecular complexity index is 1020. The monoisotopic (exact) mass is 424 g/mol. The van der Waals surface area contributed by atoms with Crippen molar-refractivity contribution in [2.45, 2.75) is 18.4 Å². The van der Waals surface area contributed by atoms with Gasteiger partial charge in [0.05, 0.1) is 16.8 Å². The summed E-state index contributed by atoms with van der Waals surface area (Å²) in [5, 5.41) is 11.8. The maximum Gasteiger partial charge on any atom is 0.335 e. The number of nitrogens with one attached hydrogen (secondary N) is 2. The molecule has 3 N–H and O–H groups in total. The number of carbonyl (C=O) groups is 2. The fourth-order valence-electron chi connectivity index (χ4n) is 2.62. The molecular formula is C16H13BrN2O5S. The first kappa shape index (κ1) is 17.4. The minimum atomic E-state index is -4.11. The fraction of sp³-hybridized carbons (Fsp3) is 0.125. The number of sulfonamides is 1. The molecule has 1 aliphatic rings. The largest absolute Gasteiger partial charge is 0.478 e. The summed E-state index contributed by atoms with van der Waals surface area (Å²) in [6, 6.07) is 7.31. The summed E-state index contributed by atoms with van der Waals surface area (Å²) >= 11 is 3.20. The predicted molar refractivity (Wildman–Crippen MR) is 94.3 cm³/mol. The van der Waals surface area contributed by atoms with Gasteiger partial charge in [-0.3, -0.25) is 9.52 Å². The third-order valence-corrected chi connectivity index (χ3v) is 6.52. The Balaban J connectivity index is 2.09. The van der Waals surface area contributed by atoms with E-state index in [9.17, 15) is 18.0 Å². The van der Waals surface area contributed by atoms with Gasteiger partial charge in [-0.15, -0.1) is 0 Å². The Morgan fingerprint density at radius 1 is 1.32 bits per heavy atom. The minimum Gasteiger partial charge on any atom is -0.478 e. The molecule has 1 heterocycles. The predicted octanol–water partition coefficient (Wildman–Crippen LogP) is 2.50. The second-order valence-corrected chi connectivity index (χ2v) is 7.98. The van der Waals surface area contributed by atoms with Crippen molar-refractivity contribution in [2.24, 2.45) is 0 Å². The van der Waals surface area contributed by atoms with E-state index in [0.29, 0.717) is 17.7 Å². The molecule has 0 radical (unpaired) electrons. The number of aryl methyl sites for hydroxylation is 1. The molecule has 0 aromatic heterocycles. The lowest BCUT2D eigenvalue weighted by molar-refractivity contribution is 0.0696. The number of fused-ring (bicyclic) bond motifs is 1. The van der Waals surface area contributed by atoms with E-state index in [4.69, 9.17) is 5.11 Å². The topological polar surface area (TPSA) is 113 Å². The molecule has 3 rings (SSSR count). The van der Waals surface area contributed by atoms with Crippen LogP contribution in [-0.4, -0.2) is 25.4 Å². The molecule has 2 aromatic rings. The van der Waals surface area contributed by atoms with Crippen LogP contribution in [0.15, 0.2) is 39.7 Å². The number of aromatic carboxylic acids is 1. The second-order valence-electron chi connectivity index (χ2n) is 5.54. The van der Waals surface area contributed by atoms with Gasteiger partial charge in [0.25, 0.3) is 15.9 Å².